The van der Waals surface area contributed by atoms with Crippen LogP contribution < -0.4 is 10.9 Å². The van der Waals surface area contributed by atoms with E-state index in [1.807, 2.05) is 30.7 Å². The second kappa shape index (κ2) is 8.75. The number of nitrogens with one attached hydrogen (secondary N) is 1. The highest BCUT2D eigenvalue weighted by atomic mass is 16.1. The number of rotatable bonds is 5. The standard InChI is InChI=1S/C18H30N4O/c1-15-9-13-21(14-10-15)18(19-3)20-11-4-5-12-22-16(2)7-6-8-17(22)23/h6-8,15H,4-5,9-14H2,1-3H3,(H,19,20). The lowest BCUT2D eigenvalue weighted by atomic mass is 10.00. The van der Waals surface area contributed by atoms with Crippen LogP contribution in [0.2, 0.25) is 0 Å². The Bertz CT molecular complexity index is 571. The second-order valence-electron chi connectivity index (χ2n) is 6.51. The van der Waals surface area contributed by atoms with E-state index in [-0.39, 0.29) is 5.56 Å². The number of aromatic nitrogens is 1. The van der Waals surface area contributed by atoms with Gasteiger partial charge in [-0.05, 0) is 44.6 Å². The molecule has 1 N–H and O–H groups in total. The normalized spacial score (nSPS) is 16.7. The summed E-state index contributed by atoms with van der Waals surface area (Å²) in [5, 5.41) is 3.46. The van der Waals surface area contributed by atoms with Gasteiger partial charge in [0.2, 0.25) is 0 Å². The van der Waals surface area contributed by atoms with Gasteiger partial charge in [-0.25, -0.2) is 0 Å². The monoisotopic (exact) mass is 318 g/mol. The fourth-order valence-corrected chi connectivity index (χ4v) is 3.06. The summed E-state index contributed by atoms with van der Waals surface area (Å²) in [5.74, 6) is 1.85. The first-order valence-electron chi connectivity index (χ1n) is 8.74. The molecule has 1 aromatic rings. The van der Waals surface area contributed by atoms with Gasteiger partial charge in [-0.15, -0.1) is 0 Å². The average Bonchev–Trinajstić information content (AvgIpc) is 2.54. The molecule has 2 rings (SSSR count). The summed E-state index contributed by atoms with van der Waals surface area (Å²) in [4.78, 5) is 18.6. The van der Waals surface area contributed by atoms with Crippen LogP contribution in [-0.4, -0.2) is 42.1 Å². The summed E-state index contributed by atoms with van der Waals surface area (Å²) in [7, 11) is 1.85. The molecule has 0 aromatic carbocycles. The molecule has 0 atom stereocenters. The number of hydrogen-bond donors (Lipinski definition) is 1. The van der Waals surface area contributed by atoms with Crippen molar-refractivity contribution >= 4 is 5.96 Å². The minimum atomic E-state index is 0.0937. The molecule has 0 aliphatic carbocycles. The Labute approximate surface area is 139 Å². The summed E-state index contributed by atoms with van der Waals surface area (Å²) < 4.78 is 1.85. The lowest BCUT2D eigenvalue weighted by Gasteiger charge is -2.32. The predicted octanol–water partition coefficient (Wildman–Crippen LogP) is 2.24. The Morgan fingerprint density at radius 3 is 2.70 bits per heavy atom. The van der Waals surface area contributed by atoms with Gasteiger partial charge in [0.05, 0.1) is 0 Å². The Balaban J connectivity index is 1.71. The highest BCUT2D eigenvalue weighted by Gasteiger charge is 2.18. The molecular formula is C18H30N4O. The summed E-state index contributed by atoms with van der Waals surface area (Å²) in [6.45, 7) is 8.19. The van der Waals surface area contributed by atoms with Crippen LogP contribution in [0.4, 0.5) is 0 Å². The van der Waals surface area contributed by atoms with Crippen molar-refractivity contribution in [2.75, 3.05) is 26.7 Å². The van der Waals surface area contributed by atoms with Crippen LogP contribution in [0.1, 0.15) is 38.3 Å². The molecule has 1 saturated heterocycles. The lowest BCUT2D eigenvalue weighted by Crippen LogP contribution is -2.45. The van der Waals surface area contributed by atoms with E-state index in [1.54, 1.807) is 6.07 Å². The van der Waals surface area contributed by atoms with Crippen LogP contribution in [-0.2, 0) is 6.54 Å². The number of piperidine rings is 1. The average molecular weight is 318 g/mol. The molecule has 1 aliphatic heterocycles. The number of hydrogen-bond acceptors (Lipinski definition) is 2. The van der Waals surface area contributed by atoms with Crippen molar-refractivity contribution in [1.82, 2.24) is 14.8 Å². The third-order valence-corrected chi connectivity index (χ3v) is 4.65. The maximum Gasteiger partial charge on any atom is 0.250 e. The molecule has 0 unspecified atom stereocenters. The van der Waals surface area contributed by atoms with E-state index in [4.69, 9.17) is 0 Å². The van der Waals surface area contributed by atoms with Gasteiger partial charge in [0.15, 0.2) is 5.96 Å². The third kappa shape index (κ3) is 5.12. The second-order valence-corrected chi connectivity index (χ2v) is 6.51. The molecule has 23 heavy (non-hydrogen) atoms. The molecule has 0 saturated carbocycles. The van der Waals surface area contributed by atoms with Gasteiger partial charge in [0.1, 0.15) is 0 Å². The van der Waals surface area contributed by atoms with Crippen LogP contribution in [0.3, 0.4) is 0 Å². The van der Waals surface area contributed by atoms with Gasteiger partial charge in [0.25, 0.3) is 5.56 Å². The molecule has 5 nitrogen and oxygen atoms in total. The highest BCUT2D eigenvalue weighted by Crippen LogP contribution is 2.15. The lowest BCUT2D eigenvalue weighted by molar-refractivity contribution is 0.273. The van der Waals surface area contributed by atoms with Crippen molar-refractivity contribution in [3.63, 3.8) is 0 Å². The Kier molecular flexibility index (Phi) is 6.68. The van der Waals surface area contributed by atoms with E-state index in [0.717, 1.165) is 56.6 Å². The first-order chi connectivity index (χ1) is 11.1. The topological polar surface area (TPSA) is 49.6 Å². The zero-order chi connectivity index (χ0) is 16.7. The Morgan fingerprint density at radius 2 is 2.04 bits per heavy atom. The Hall–Kier alpha value is -1.78. The van der Waals surface area contributed by atoms with Crippen LogP contribution in [0, 0.1) is 12.8 Å². The van der Waals surface area contributed by atoms with Crippen molar-refractivity contribution in [3.8, 4) is 0 Å². The smallest absolute Gasteiger partial charge is 0.250 e. The number of pyridine rings is 1. The quantitative estimate of drug-likeness (QED) is 0.515. The molecule has 2 heterocycles. The van der Waals surface area contributed by atoms with Gasteiger partial charge in [0, 0.05) is 45.0 Å². The number of guanidine groups is 1. The number of unbranched alkanes of at least 4 members (excludes halogenated alkanes) is 1. The molecule has 1 fully saturated rings. The van der Waals surface area contributed by atoms with Crippen LogP contribution >= 0.6 is 0 Å². The van der Waals surface area contributed by atoms with Gasteiger partial charge in [-0.3, -0.25) is 9.79 Å². The molecule has 0 radical (unpaired) electrons. The first-order valence-corrected chi connectivity index (χ1v) is 8.74. The van der Waals surface area contributed by atoms with Gasteiger partial charge in [-0.1, -0.05) is 13.0 Å². The maximum atomic E-state index is 11.8. The number of aryl methyl sites for hydroxylation is 1. The summed E-state index contributed by atoms with van der Waals surface area (Å²) in [6.07, 6.45) is 4.52. The molecule has 0 amide bonds. The minimum Gasteiger partial charge on any atom is -0.356 e. The van der Waals surface area contributed by atoms with Crippen LogP contribution in [0.25, 0.3) is 0 Å². The number of aliphatic imine (C=N–C) groups is 1. The van der Waals surface area contributed by atoms with Gasteiger partial charge in [-0.2, -0.15) is 0 Å². The fourth-order valence-electron chi connectivity index (χ4n) is 3.06. The van der Waals surface area contributed by atoms with Gasteiger partial charge < -0.3 is 14.8 Å². The van der Waals surface area contributed by atoms with Crippen molar-refractivity contribution in [2.24, 2.45) is 10.9 Å². The first kappa shape index (κ1) is 17.6. The molecule has 128 valence electrons. The van der Waals surface area contributed by atoms with Crippen LogP contribution in [0.5, 0.6) is 0 Å². The zero-order valence-electron chi connectivity index (χ0n) is 14.7. The molecule has 5 heteroatoms. The third-order valence-electron chi connectivity index (χ3n) is 4.65. The SMILES string of the molecule is CN=C(NCCCCn1c(C)cccc1=O)N1CCC(C)CC1. The summed E-state index contributed by atoms with van der Waals surface area (Å²) in [6, 6.07) is 5.43. The van der Waals surface area contributed by atoms with E-state index in [1.165, 1.54) is 12.8 Å². The fraction of sp³-hybridized carbons (Fsp3) is 0.667. The molecular weight excluding hydrogens is 288 g/mol. The van der Waals surface area contributed by atoms with Crippen molar-refractivity contribution in [2.45, 2.75) is 46.1 Å². The molecule has 1 aromatic heterocycles. The summed E-state index contributed by atoms with van der Waals surface area (Å²) in [5.41, 5.74) is 1.12. The summed E-state index contributed by atoms with van der Waals surface area (Å²) >= 11 is 0. The highest BCUT2D eigenvalue weighted by molar-refractivity contribution is 5.79. The van der Waals surface area contributed by atoms with Crippen molar-refractivity contribution in [1.29, 1.82) is 0 Å². The Morgan fingerprint density at radius 1 is 1.30 bits per heavy atom. The minimum absolute atomic E-state index is 0.0937. The van der Waals surface area contributed by atoms with Crippen molar-refractivity contribution < 1.29 is 0 Å². The number of likely N-dealkylation sites (tertiary alicyclic amines) is 1. The molecule has 1 aliphatic rings. The molecule has 0 spiro atoms. The van der Waals surface area contributed by atoms with Crippen LogP contribution in [0.15, 0.2) is 28.0 Å². The van der Waals surface area contributed by atoms with E-state index < -0.39 is 0 Å². The van der Waals surface area contributed by atoms with Gasteiger partial charge >= 0.3 is 0 Å². The largest absolute Gasteiger partial charge is 0.356 e. The van der Waals surface area contributed by atoms with Crippen molar-refractivity contribution in [3.05, 3.63) is 34.2 Å². The van der Waals surface area contributed by atoms with E-state index >= 15 is 0 Å². The maximum absolute atomic E-state index is 11.8. The number of nitrogens with zero attached hydrogens (tertiary/aromatic N) is 3. The van der Waals surface area contributed by atoms with E-state index in [9.17, 15) is 4.79 Å². The predicted molar refractivity (Wildman–Crippen MR) is 96.0 cm³/mol. The zero-order valence-corrected chi connectivity index (χ0v) is 14.7. The molecule has 0 bridgehead atoms. The van der Waals surface area contributed by atoms with E-state index in [2.05, 4.69) is 22.1 Å². The van der Waals surface area contributed by atoms with E-state index in [0.29, 0.717) is 0 Å².